The number of para-hydroxylation sites is 2. The first-order chi connectivity index (χ1) is 12.1. The molecule has 7 nitrogen and oxygen atoms in total. The monoisotopic (exact) mass is 347 g/mol. The Hall–Kier alpha value is -2.28. The molecular formula is C18H27N4O3+. The van der Waals surface area contributed by atoms with Crippen molar-refractivity contribution in [3.05, 3.63) is 24.3 Å². The van der Waals surface area contributed by atoms with Gasteiger partial charge in [-0.2, -0.15) is 0 Å². The first-order valence-corrected chi connectivity index (χ1v) is 9.02. The SMILES string of the molecule is CCOc1ccccc1N1CC[NH+]([C@H](C)C(=O)N2CCNC2=O)CC1. The largest absolute Gasteiger partial charge is 0.492 e. The number of amides is 3. The zero-order valence-corrected chi connectivity index (χ0v) is 15.0. The van der Waals surface area contributed by atoms with Crippen LogP contribution in [0.3, 0.4) is 0 Å². The number of imide groups is 1. The van der Waals surface area contributed by atoms with Gasteiger partial charge in [-0.15, -0.1) is 0 Å². The summed E-state index contributed by atoms with van der Waals surface area (Å²) in [5, 5.41) is 2.69. The number of quaternary nitrogens is 1. The quantitative estimate of drug-likeness (QED) is 0.770. The molecule has 2 N–H and O–H groups in total. The van der Waals surface area contributed by atoms with Crippen LogP contribution in [0, 0.1) is 0 Å². The van der Waals surface area contributed by atoms with Crippen LogP contribution in [0.2, 0.25) is 0 Å². The molecule has 0 bridgehead atoms. The lowest BCUT2D eigenvalue weighted by molar-refractivity contribution is -0.915. The molecule has 7 heteroatoms. The number of urea groups is 1. The van der Waals surface area contributed by atoms with E-state index in [0.717, 1.165) is 37.6 Å². The first-order valence-electron chi connectivity index (χ1n) is 9.02. The second-order valence-electron chi connectivity index (χ2n) is 6.49. The van der Waals surface area contributed by atoms with Crippen molar-refractivity contribution in [2.75, 3.05) is 50.8 Å². The number of piperazine rings is 1. The molecule has 0 aromatic heterocycles. The molecule has 2 aliphatic heterocycles. The van der Waals surface area contributed by atoms with Crippen molar-refractivity contribution < 1.29 is 19.2 Å². The minimum absolute atomic E-state index is 0.0758. The fourth-order valence-corrected chi connectivity index (χ4v) is 3.55. The number of ether oxygens (including phenoxy) is 1. The van der Waals surface area contributed by atoms with Crippen molar-refractivity contribution in [2.24, 2.45) is 0 Å². The highest BCUT2D eigenvalue weighted by atomic mass is 16.5. The van der Waals surface area contributed by atoms with Crippen LogP contribution in [0.15, 0.2) is 24.3 Å². The van der Waals surface area contributed by atoms with Gasteiger partial charge in [0, 0.05) is 13.1 Å². The standard InChI is InChI=1S/C18H26N4O3/c1-3-25-16-7-5-4-6-15(16)21-12-10-20(11-13-21)14(2)17(23)22-9-8-19-18(22)24/h4-7,14H,3,8-13H2,1-2H3,(H,19,24)/p+1/t14-/m1/s1. The molecule has 0 spiro atoms. The van der Waals surface area contributed by atoms with E-state index in [1.54, 1.807) is 0 Å². The lowest BCUT2D eigenvalue weighted by atomic mass is 10.2. The number of rotatable bonds is 5. The van der Waals surface area contributed by atoms with Crippen LogP contribution in [0.4, 0.5) is 10.5 Å². The smallest absolute Gasteiger partial charge is 0.324 e. The van der Waals surface area contributed by atoms with Crippen LogP contribution in [0.1, 0.15) is 13.8 Å². The zero-order chi connectivity index (χ0) is 17.8. The van der Waals surface area contributed by atoms with Crippen molar-refractivity contribution in [1.82, 2.24) is 10.2 Å². The summed E-state index contributed by atoms with van der Waals surface area (Å²) in [5.41, 5.74) is 1.11. The van der Waals surface area contributed by atoms with Crippen LogP contribution in [-0.4, -0.2) is 68.8 Å². The molecule has 0 unspecified atom stereocenters. The molecule has 2 heterocycles. The molecule has 1 atom stereocenters. The highest BCUT2D eigenvalue weighted by Crippen LogP contribution is 2.27. The van der Waals surface area contributed by atoms with E-state index in [2.05, 4.69) is 16.3 Å². The van der Waals surface area contributed by atoms with E-state index in [4.69, 9.17) is 4.74 Å². The van der Waals surface area contributed by atoms with Crippen molar-refractivity contribution in [3.63, 3.8) is 0 Å². The summed E-state index contributed by atoms with van der Waals surface area (Å²) in [4.78, 5) is 29.1. The van der Waals surface area contributed by atoms with Gasteiger partial charge in [0.25, 0.3) is 5.91 Å². The maximum absolute atomic E-state index is 12.6. The van der Waals surface area contributed by atoms with Gasteiger partial charge in [0.1, 0.15) is 5.75 Å². The summed E-state index contributed by atoms with van der Waals surface area (Å²) in [7, 11) is 0. The number of nitrogens with one attached hydrogen (secondary N) is 2. The van der Waals surface area contributed by atoms with Gasteiger partial charge in [-0.05, 0) is 26.0 Å². The third-order valence-corrected chi connectivity index (χ3v) is 5.02. The molecule has 0 saturated carbocycles. The highest BCUT2D eigenvalue weighted by molar-refractivity contribution is 5.97. The highest BCUT2D eigenvalue weighted by Gasteiger charge is 2.36. The Morgan fingerprint density at radius 1 is 1.28 bits per heavy atom. The van der Waals surface area contributed by atoms with Crippen molar-refractivity contribution in [2.45, 2.75) is 19.9 Å². The van der Waals surface area contributed by atoms with Crippen LogP contribution >= 0.6 is 0 Å². The number of carbonyl (C=O) groups excluding carboxylic acids is 2. The van der Waals surface area contributed by atoms with Crippen LogP contribution in [-0.2, 0) is 4.79 Å². The van der Waals surface area contributed by atoms with Gasteiger partial charge in [-0.25, -0.2) is 4.79 Å². The lowest BCUT2D eigenvalue weighted by Gasteiger charge is -2.37. The van der Waals surface area contributed by atoms with Gasteiger partial charge >= 0.3 is 6.03 Å². The number of hydrogen-bond acceptors (Lipinski definition) is 4. The Labute approximate surface area is 148 Å². The van der Waals surface area contributed by atoms with Gasteiger partial charge in [-0.1, -0.05) is 12.1 Å². The molecule has 2 fully saturated rings. The Balaban J connectivity index is 1.60. The normalized spacial score (nSPS) is 19.7. The summed E-state index contributed by atoms with van der Waals surface area (Å²) in [6.45, 7) is 9.04. The molecule has 136 valence electrons. The summed E-state index contributed by atoms with van der Waals surface area (Å²) in [5.74, 6) is 0.833. The van der Waals surface area contributed by atoms with E-state index >= 15 is 0 Å². The van der Waals surface area contributed by atoms with E-state index in [9.17, 15) is 9.59 Å². The topological polar surface area (TPSA) is 66.3 Å². The van der Waals surface area contributed by atoms with E-state index in [1.165, 1.54) is 9.80 Å². The summed E-state index contributed by atoms with van der Waals surface area (Å²) in [6.07, 6.45) is 0. The minimum atomic E-state index is -0.263. The maximum Gasteiger partial charge on any atom is 0.324 e. The first kappa shape index (κ1) is 17.5. The number of anilines is 1. The summed E-state index contributed by atoms with van der Waals surface area (Å²) in [6, 6.07) is 7.62. The number of hydrogen-bond donors (Lipinski definition) is 2. The zero-order valence-electron chi connectivity index (χ0n) is 15.0. The Bertz CT molecular complexity index is 629. The van der Waals surface area contributed by atoms with Gasteiger partial charge in [-0.3, -0.25) is 9.69 Å². The number of nitrogens with zero attached hydrogens (tertiary/aromatic N) is 2. The predicted molar refractivity (Wildman–Crippen MR) is 95.1 cm³/mol. The van der Waals surface area contributed by atoms with Crippen molar-refractivity contribution >= 4 is 17.6 Å². The third-order valence-electron chi connectivity index (χ3n) is 5.02. The molecular weight excluding hydrogens is 320 g/mol. The third kappa shape index (κ3) is 3.71. The van der Waals surface area contributed by atoms with E-state index in [0.29, 0.717) is 19.7 Å². The number of carbonyl (C=O) groups is 2. The molecule has 2 aliphatic rings. The van der Waals surface area contributed by atoms with E-state index in [1.807, 2.05) is 32.0 Å². The van der Waals surface area contributed by atoms with E-state index < -0.39 is 0 Å². The second-order valence-corrected chi connectivity index (χ2v) is 6.49. The van der Waals surface area contributed by atoms with Gasteiger partial charge in [0.2, 0.25) is 0 Å². The fourth-order valence-electron chi connectivity index (χ4n) is 3.55. The summed E-state index contributed by atoms with van der Waals surface area (Å²) >= 11 is 0. The van der Waals surface area contributed by atoms with Crippen LogP contribution in [0.25, 0.3) is 0 Å². The average molecular weight is 347 g/mol. The lowest BCUT2D eigenvalue weighted by Crippen LogP contribution is -3.19. The summed E-state index contributed by atoms with van der Waals surface area (Å²) < 4.78 is 5.73. The molecule has 0 aliphatic carbocycles. The van der Waals surface area contributed by atoms with Crippen molar-refractivity contribution in [3.8, 4) is 5.75 Å². The molecule has 1 aromatic rings. The van der Waals surface area contributed by atoms with Crippen LogP contribution < -0.4 is 19.9 Å². The fraction of sp³-hybridized carbons (Fsp3) is 0.556. The Kier molecular flexibility index (Phi) is 5.43. The number of benzene rings is 1. The molecule has 25 heavy (non-hydrogen) atoms. The van der Waals surface area contributed by atoms with Gasteiger partial charge < -0.3 is 19.9 Å². The Morgan fingerprint density at radius 2 is 2.00 bits per heavy atom. The second kappa shape index (κ2) is 7.74. The predicted octanol–water partition coefficient (Wildman–Crippen LogP) is -0.269. The van der Waals surface area contributed by atoms with Gasteiger partial charge in [0.05, 0.1) is 38.5 Å². The van der Waals surface area contributed by atoms with Crippen molar-refractivity contribution in [1.29, 1.82) is 0 Å². The van der Waals surface area contributed by atoms with E-state index in [-0.39, 0.29) is 18.0 Å². The minimum Gasteiger partial charge on any atom is -0.492 e. The average Bonchev–Trinajstić information content (AvgIpc) is 3.07. The van der Waals surface area contributed by atoms with Gasteiger partial charge in [0.15, 0.2) is 6.04 Å². The molecule has 2 saturated heterocycles. The Morgan fingerprint density at radius 3 is 2.64 bits per heavy atom. The van der Waals surface area contributed by atoms with Crippen LogP contribution in [0.5, 0.6) is 5.75 Å². The molecule has 1 aromatic carbocycles. The maximum atomic E-state index is 12.6. The molecule has 3 amide bonds. The molecule has 0 radical (unpaired) electrons. The molecule has 3 rings (SSSR count).